The zero-order chi connectivity index (χ0) is 24.1. The molecule has 4 rings (SSSR count). The second kappa shape index (κ2) is 10.3. The molecule has 1 atom stereocenters. The van der Waals surface area contributed by atoms with Crippen molar-refractivity contribution in [3.05, 3.63) is 83.4 Å². The minimum absolute atomic E-state index is 0.0179. The van der Waals surface area contributed by atoms with Crippen molar-refractivity contribution in [2.75, 3.05) is 23.3 Å². The molecule has 3 aromatic carbocycles. The third-order valence-electron chi connectivity index (χ3n) is 5.73. The first kappa shape index (κ1) is 23.8. The van der Waals surface area contributed by atoms with Crippen LogP contribution in [0.3, 0.4) is 0 Å². The number of carbonyl (C=O) groups is 1. The number of hydrogen-bond donors (Lipinski definition) is 2. The van der Waals surface area contributed by atoms with Crippen LogP contribution in [0.25, 0.3) is 0 Å². The summed E-state index contributed by atoms with van der Waals surface area (Å²) in [6, 6.07) is 18.7. The molecule has 3 aromatic rings. The van der Waals surface area contributed by atoms with E-state index in [1.807, 2.05) is 19.1 Å². The van der Waals surface area contributed by atoms with Crippen LogP contribution >= 0.6 is 0 Å². The molecule has 0 bridgehead atoms. The fraction of sp³-hybridized carbons (Fsp3) is 0.269. The number of hydrogen-bond acceptors (Lipinski definition) is 5. The van der Waals surface area contributed by atoms with Crippen LogP contribution in [0.1, 0.15) is 34.3 Å². The first-order valence-corrected chi connectivity index (χ1v) is 12.6. The van der Waals surface area contributed by atoms with Crippen LogP contribution in [0.5, 0.6) is 5.75 Å². The van der Waals surface area contributed by atoms with Crippen LogP contribution in [0.4, 0.5) is 11.4 Å². The largest absolute Gasteiger partial charge is 0.491 e. The molecule has 0 aliphatic carbocycles. The Hall–Kier alpha value is -3.36. The van der Waals surface area contributed by atoms with Crippen molar-refractivity contribution >= 4 is 27.3 Å². The molecule has 1 unspecified atom stereocenters. The van der Waals surface area contributed by atoms with Crippen LogP contribution in [0.2, 0.25) is 0 Å². The Morgan fingerprint density at radius 1 is 1.03 bits per heavy atom. The minimum atomic E-state index is -3.86. The molecule has 1 heterocycles. The highest BCUT2D eigenvalue weighted by Gasteiger charge is 2.19. The van der Waals surface area contributed by atoms with Gasteiger partial charge in [0.2, 0.25) is 0 Å². The SMILES string of the molecule is Cc1ccccc1NS(=O)(=O)c1ccc(C)c(C(=O)Nc2ccc(OCC3CCCO3)cc2)c1. The smallest absolute Gasteiger partial charge is 0.261 e. The molecule has 0 radical (unpaired) electrons. The lowest BCUT2D eigenvalue weighted by Crippen LogP contribution is -2.17. The molecule has 7 nitrogen and oxygen atoms in total. The summed E-state index contributed by atoms with van der Waals surface area (Å²) in [4.78, 5) is 13.0. The maximum absolute atomic E-state index is 12.9. The number of amides is 1. The lowest BCUT2D eigenvalue weighted by Gasteiger charge is -2.14. The van der Waals surface area contributed by atoms with Gasteiger partial charge < -0.3 is 14.8 Å². The summed E-state index contributed by atoms with van der Waals surface area (Å²) in [6.45, 7) is 4.87. The average Bonchev–Trinajstić information content (AvgIpc) is 3.34. The summed E-state index contributed by atoms with van der Waals surface area (Å²) < 4.78 is 39.8. The molecule has 34 heavy (non-hydrogen) atoms. The van der Waals surface area contributed by atoms with Crippen molar-refractivity contribution in [1.82, 2.24) is 0 Å². The predicted molar refractivity (Wildman–Crippen MR) is 132 cm³/mol. The molecule has 1 aliphatic heterocycles. The van der Waals surface area contributed by atoms with Gasteiger partial charge in [-0.25, -0.2) is 8.42 Å². The van der Waals surface area contributed by atoms with Crippen molar-refractivity contribution in [3.8, 4) is 5.75 Å². The van der Waals surface area contributed by atoms with Crippen molar-refractivity contribution in [2.45, 2.75) is 37.7 Å². The Labute approximate surface area is 200 Å². The van der Waals surface area contributed by atoms with Crippen molar-refractivity contribution in [3.63, 3.8) is 0 Å². The molecule has 1 saturated heterocycles. The quantitative estimate of drug-likeness (QED) is 0.478. The Bertz CT molecular complexity index is 1270. The van der Waals surface area contributed by atoms with Gasteiger partial charge in [0.15, 0.2) is 0 Å². The average molecular weight is 481 g/mol. The van der Waals surface area contributed by atoms with Crippen LogP contribution < -0.4 is 14.8 Å². The third-order valence-corrected chi connectivity index (χ3v) is 7.09. The number of nitrogens with one attached hydrogen (secondary N) is 2. The first-order valence-electron chi connectivity index (χ1n) is 11.2. The molecule has 0 spiro atoms. The van der Waals surface area contributed by atoms with Crippen molar-refractivity contribution in [2.24, 2.45) is 0 Å². The summed E-state index contributed by atoms with van der Waals surface area (Å²) in [6.07, 6.45) is 2.19. The number of rotatable bonds is 8. The van der Waals surface area contributed by atoms with Gasteiger partial charge in [-0.1, -0.05) is 24.3 Å². The van der Waals surface area contributed by atoms with Gasteiger partial charge in [-0.15, -0.1) is 0 Å². The van der Waals surface area contributed by atoms with Crippen LogP contribution in [0, 0.1) is 13.8 Å². The molecular formula is C26H28N2O5S. The van der Waals surface area contributed by atoms with Gasteiger partial charge in [-0.3, -0.25) is 9.52 Å². The van der Waals surface area contributed by atoms with E-state index in [1.54, 1.807) is 49.4 Å². The fourth-order valence-electron chi connectivity index (χ4n) is 3.70. The molecule has 178 valence electrons. The molecule has 1 aliphatic rings. The number of para-hydroxylation sites is 1. The van der Waals surface area contributed by atoms with E-state index in [9.17, 15) is 13.2 Å². The van der Waals surface area contributed by atoms with E-state index in [0.717, 1.165) is 25.0 Å². The van der Waals surface area contributed by atoms with Crippen LogP contribution in [-0.2, 0) is 14.8 Å². The molecule has 8 heteroatoms. The topological polar surface area (TPSA) is 93.7 Å². The van der Waals surface area contributed by atoms with E-state index in [1.165, 1.54) is 12.1 Å². The number of aryl methyl sites for hydroxylation is 2. The molecule has 1 amide bonds. The van der Waals surface area contributed by atoms with Gasteiger partial charge in [0, 0.05) is 17.9 Å². The van der Waals surface area contributed by atoms with E-state index in [4.69, 9.17) is 9.47 Å². The van der Waals surface area contributed by atoms with E-state index in [-0.39, 0.29) is 16.6 Å². The van der Waals surface area contributed by atoms with Gasteiger partial charge in [0.05, 0.1) is 16.7 Å². The summed E-state index contributed by atoms with van der Waals surface area (Å²) in [7, 11) is -3.86. The predicted octanol–water partition coefficient (Wildman–Crippen LogP) is 4.91. The lowest BCUT2D eigenvalue weighted by atomic mass is 10.1. The van der Waals surface area contributed by atoms with Crippen molar-refractivity contribution in [1.29, 1.82) is 0 Å². The monoisotopic (exact) mass is 480 g/mol. The van der Waals surface area contributed by atoms with Gasteiger partial charge in [0.25, 0.3) is 15.9 Å². The summed E-state index contributed by atoms with van der Waals surface area (Å²) >= 11 is 0. The van der Waals surface area contributed by atoms with Crippen molar-refractivity contribution < 1.29 is 22.7 Å². The highest BCUT2D eigenvalue weighted by molar-refractivity contribution is 7.92. The summed E-state index contributed by atoms with van der Waals surface area (Å²) in [5.41, 5.74) is 2.84. The first-order chi connectivity index (χ1) is 16.3. The molecular weight excluding hydrogens is 452 g/mol. The number of sulfonamides is 1. The maximum atomic E-state index is 12.9. The number of benzene rings is 3. The second-order valence-electron chi connectivity index (χ2n) is 8.32. The van der Waals surface area contributed by atoms with E-state index >= 15 is 0 Å². The van der Waals surface area contributed by atoms with Gasteiger partial charge in [-0.2, -0.15) is 0 Å². The molecule has 2 N–H and O–H groups in total. The number of anilines is 2. The van der Waals surface area contributed by atoms with Gasteiger partial charge in [-0.05, 0) is 80.3 Å². The number of ether oxygens (including phenoxy) is 2. The minimum Gasteiger partial charge on any atom is -0.491 e. The van der Waals surface area contributed by atoms with Gasteiger partial charge >= 0.3 is 0 Å². The molecule has 0 saturated carbocycles. The van der Waals surface area contributed by atoms with E-state index in [2.05, 4.69) is 10.0 Å². The highest BCUT2D eigenvalue weighted by Crippen LogP contribution is 2.23. The van der Waals surface area contributed by atoms with E-state index < -0.39 is 15.9 Å². The lowest BCUT2D eigenvalue weighted by molar-refractivity contribution is 0.0679. The zero-order valence-electron chi connectivity index (χ0n) is 19.2. The normalized spacial score (nSPS) is 15.6. The number of carbonyl (C=O) groups excluding carboxylic acids is 1. The standard InChI is InChI=1S/C26H28N2O5S/c1-18-9-14-23(34(30,31)28-25-8-4-3-6-19(25)2)16-24(18)26(29)27-20-10-12-21(13-11-20)33-17-22-7-5-15-32-22/h3-4,6,8-14,16,22,28H,5,7,15,17H2,1-2H3,(H,27,29). The molecule has 1 fully saturated rings. The third kappa shape index (κ3) is 5.76. The maximum Gasteiger partial charge on any atom is 0.261 e. The van der Waals surface area contributed by atoms with Crippen LogP contribution in [0.15, 0.2) is 71.6 Å². The highest BCUT2D eigenvalue weighted by atomic mass is 32.2. The fourth-order valence-corrected chi connectivity index (χ4v) is 4.86. The Kier molecular flexibility index (Phi) is 7.19. The summed E-state index contributed by atoms with van der Waals surface area (Å²) in [5.74, 6) is 0.304. The Balaban J connectivity index is 1.45. The summed E-state index contributed by atoms with van der Waals surface area (Å²) in [5, 5.41) is 2.83. The van der Waals surface area contributed by atoms with E-state index in [0.29, 0.717) is 29.3 Å². The Morgan fingerprint density at radius 2 is 1.79 bits per heavy atom. The van der Waals surface area contributed by atoms with Gasteiger partial charge in [0.1, 0.15) is 12.4 Å². The van der Waals surface area contributed by atoms with Crippen LogP contribution in [-0.4, -0.2) is 33.6 Å². The Morgan fingerprint density at radius 3 is 2.50 bits per heavy atom. The molecule has 0 aromatic heterocycles. The zero-order valence-corrected chi connectivity index (χ0v) is 20.0. The second-order valence-corrected chi connectivity index (χ2v) is 10.0.